The van der Waals surface area contributed by atoms with Gasteiger partial charge in [-0.05, 0) is 34.1 Å². The summed E-state index contributed by atoms with van der Waals surface area (Å²) in [6.45, 7) is 0. The summed E-state index contributed by atoms with van der Waals surface area (Å²) < 4.78 is 15.2. The third-order valence-corrected chi connectivity index (χ3v) is 2.35. The summed E-state index contributed by atoms with van der Waals surface area (Å²) in [7, 11) is 1.82. The summed E-state index contributed by atoms with van der Waals surface area (Å²) in [5.41, 5.74) is 0.920. The van der Waals surface area contributed by atoms with E-state index >= 15 is 0 Å². The van der Waals surface area contributed by atoms with E-state index in [1.54, 1.807) is 10.7 Å². The monoisotopic (exact) mass is 228 g/mol. The van der Waals surface area contributed by atoms with E-state index in [1.165, 1.54) is 12.1 Å². The Labute approximate surface area is 77.1 Å². The van der Waals surface area contributed by atoms with Crippen molar-refractivity contribution in [1.29, 1.82) is 0 Å². The molecule has 2 rings (SSSR count). The van der Waals surface area contributed by atoms with Gasteiger partial charge in [-0.1, -0.05) is 0 Å². The lowest BCUT2D eigenvalue weighted by Crippen LogP contribution is -1.88. The fourth-order valence-corrected chi connectivity index (χ4v) is 1.75. The molecular weight excluding hydrogens is 223 g/mol. The molecule has 1 aromatic heterocycles. The predicted molar refractivity (Wildman–Crippen MR) is 48.4 cm³/mol. The van der Waals surface area contributed by atoms with Crippen LogP contribution in [0.2, 0.25) is 0 Å². The number of nitrogens with zero attached hydrogens (tertiary/aromatic N) is 2. The highest BCUT2D eigenvalue weighted by Crippen LogP contribution is 2.22. The van der Waals surface area contributed by atoms with Gasteiger partial charge in [0.15, 0.2) is 0 Å². The summed E-state index contributed by atoms with van der Waals surface area (Å²) in [6, 6.07) is 4.60. The van der Waals surface area contributed by atoms with Crippen LogP contribution in [0.4, 0.5) is 4.39 Å². The van der Waals surface area contributed by atoms with Gasteiger partial charge in [0.25, 0.3) is 0 Å². The molecule has 2 nitrogen and oxygen atoms in total. The molecule has 1 heterocycles. The molecule has 0 spiro atoms. The molecule has 0 aliphatic heterocycles. The summed E-state index contributed by atoms with van der Waals surface area (Å²) in [5, 5.41) is 4.90. The van der Waals surface area contributed by atoms with Crippen molar-refractivity contribution < 1.29 is 4.39 Å². The Morgan fingerprint density at radius 1 is 1.50 bits per heavy atom. The lowest BCUT2D eigenvalue weighted by atomic mass is 10.2. The van der Waals surface area contributed by atoms with Gasteiger partial charge in [-0.25, -0.2) is 4.39 Å². The lowest BCUT2D eigenvalue weighted by Gasteiger charge is -1.92. The van der Waals surface area contributed by atoms with Crippen LogP contribution < -0.4 is 0 Å². The minimum atomic E-state index is -0.240. The van der Waals surface area contributed by atoms with Crippen LogP contribution in [0.5, 0.6) is 0 Å². The molecule has 0 saturated carbocycles. The average molecular weight is 229 g/mol. The number of fused-ring (bicyclic) bond motifs is 1. The second-order valence-electron chi connectivity index (χ2n) is 2.58. The molecule has 0 aliphatic rings. The van der Waals surface area contributed by atoms with Gasteiger partial charge in [0.1, 0.15) is 10.4 Å². The Kier molecular flexibility index (Phi) is 1.65. The zero-order chi connectivity index (χ0) is 8.72. The molecule has 62 valence electrons. The summed E-state index contributed by atoms with van der Waals surface area (Å²) in [6.07, 6.45) is 0. The van der Waals surface area contributed by atoms with Gasteiger partial charge in [-0.3, -0.25) is 4.68 Å². The summed E-state index contributed by atoms with van der Waals surface area (Å²) in [5.74, 6) is -0.240. The standard InChI is InChI=1S/C8H6BrFN2/c1-12-7-3-2-5(10)4-6(7)8(9)11-12/h2-4H,1H3. The number of hydrogen-bond acceptors (Lipinski definition) is 1. The van der Waals surface area contributed by atoms with E-state index in [0.29, 0.717) is 4.60 Å². The van der Waals surface area contributed by atoms with E-state index in [4.69, 9.17) is 0 Å². The van der Waals surface area contributed by atoms with E-state index in [2.05, 4.69) is 21.0 Å². The number of rotatable bonds is 0. The van der Waals surface area contributed by atoms with Crippen LogP contribution in [0.3, 0.4) is 0 Å². The molecule has 0 N–H and O–H groups in total. The van der Waals surface area contributed by atoms with Crippen molar-refractivity contribution in [3.8, 4) is 0 Å². The van der Waals surface area contributed by atoms with Gasteiger partial charge >= 0.3 is 0 Å². The molecule has 12 heavy (non-hydrogen) atoms. The Balaban J connectivity index is 2.90. The first-order chi connectivity index (χ1) is 5.68. The first-order valence-corrected chi connectivity index (χ1v) is 4.25. The highest BCUT2D eigenvalue weighted by atomic mass is 79.9. The van der Waals surface area contributed by atoms with Crippen LogP contribution in [0.25, 0.3) is 10.9 Å². The second kappa shape index (κ2) is 2.55. The Hall–Kier alpha value is -0.900. The third kappa shape index (κ3) is 1.03. The molecule has 0 amide bonds. The maximum absolute atomic E-state index is 12.8. The number of benzene rings is 1. The van der Waals surface area contributed by atoms with Crippen molar-refractivity contribution in [2.45, 2.75) is 0 Å². The quantitative estimate of drug-likeness (QED) is 0.678. The largest absolute Gasteiger partial charge is 0.267 e. The van der Waals surface area contributed by atoms with Gasteiger partial charge in [0.05, 0.1) is 5.52 Å². The number of aryl methyl sites for hydroxylation is 1. The van der Waals surface area contributed by atoms with Gasteiger partial charge in [0.2, 0.25) is 0 Å². The molecule has 0 saturated heterocycles. The SMILES string of the molecule is Cn1nc(Br)c2cc(F)ccc21. The minimum absolute atomic E-state index is 0.240. The Morgan fingerprint density at radius 3 is 3.00 bits per heavy atom. The van der Waals surface area contributed by atoms with E-state index in [-0.39, 0.29) is 5.82 Å². The molecular formula is C8H6BrFN2. The van der Waals surface area contributed by atoms with Crippen LogP contribution in [0.15, 0.2) is 22.8 Å². The maximum atomic E-state index is 12.8. The van der Waals surface area contributed by atoms with E-state index in [9.17, 15) is 4.39 Å². The van der Waals surface area contributed by atoms with E-state index in [1.807, 2.05) is 7.05 Å². The topological polar surface area (TPSA) is 17.8 Å². The van der Waals surface area contributed by atoms with Crippen molar-refractivity contribution >= 4 is 26.8 Å². The van der Waals surface area contributed by atoms with Crippen molar-refractivity contribution in [2.75, 3.05) is 0 Å². The number of aromatic nitrogens is 2. The normalized spacial score (nSPS) is 10.9. The zero-order valence-electron chi connectivity index (χ0n) is 6.38. The van der Waals surface area contributed by atoms with Crippen LogP contribution in [0.1, 0.15) is 0 Å². The van der Waals surface area contributed by atoms with E-state index in [0.717, 1.165) is 10.9 Å². The zero-order valence-corrected chi connectivity index (χ0v) is 7.97. The fraction of sp³-hybridized carbons (Fsp3) is 0.125. The van der Waals surface area contributed by atoms with Gasteiger partial charge in [0, 0.05) is 12.4 Å². The number of hydrogen-bond donors (Lipinski definition) is 0. The van der Waals surface area contributed by atoms with Crippen LogP contribution in [0, 0.1) is 5.82 Å². The molecule has 0 unspecified atom stereocenters. The highest BCUT2D eigenvalue weighted by Gasteiger charge is 2.05. The Morgan fingerprint density at radius 2 is 2.25 bits per heavy atom. The first kappa shape index (κ1) is 7.73. The maximum Gasteiger partial charge on any atom is 0.136 e. The molecule has 1 aromatic carbocycles. The van der Waals surface area contributed by atoms with Crippen molar-refractivity contribution in [2.24, 2.45) is 7.05 Å². The molecule has 0 aliphatic carbocycles. The van der Waals surface area contributed by atoms with Gasteiger partial charge < -0.3 is 0 Å². The second-order valence-corrected chi connectivity index (χ2v) is 3.33. The molecule has 0 radical (unpaired) electrons. The minimum Gasteiger partial charge on any atom is -0.267 e. The van der Waals surface area contributed by atoms with Crippen LogP contribution >= 0.6 is 15.9 Å². The summed E-state index contributed by atoms with van der Waals surface area (Å²) >= 11 is 3.25. The smallest absolute Gasteiger partial charge is 0.136 e. The molecule has 0 fully saturated rings. The highest BCUT2D eigenvalue weighted by molar-refractivity contribution is 9.10. The van der Waals surface area contributed by atoms with Crippen molar-refractivity contribution in [1.82, 2.24) is 9.78 Å². The molecule has 0 atom stereocenters. The Bertz CT molecular complexity index is 436. The van der Waals surface area contributed by atoms with Gasteiger partial charge in [-0.2, -0.15) is 5.10 Å². The average Bonchev–Trinajstić information content (AvgIpc) is 2.28. The van der Waals surface area contributed by atoms with E-state index < -0.39 is 0 Å². The van der Waals surface area contributed by atoms with Crippen molar-refractivity contribution in [3.63, 3.8) is 0 Å². The van der Waals surface area contributed by atoms with Crippen LogP contribution in [-0.2, 0) is 7.05 Å². The predicted octanol–water partition coefficient (Wildman–Crippen LogP) is 2.47. The van der Waals surface area contributed by atoms with Gasteiger partial charge in [-0.15, -0.1) is 0 Å². The fourth-order valence-electron chi connectivity index (χ4n) is 1.20. The molecule has 0 bridgehead atoms. The third-order valence-electron chi connectivity index (χ3n) is 1.77. The van der Waals surface area contributed by atoms with Crippen LogP contribution in [-0.4, -0.2) is 9.78 Å². The number of halogens is 2. The first-order valence-electron chi connectivity index (χ1n) is 3.46. The molecule has 4 heteroatoms. The lowest BCUT2D eigenvalue weighted by molar-refractivity contribution is 0.629. The summed E-state index contributed by atoms with van der Waals surface area (Å²) in [4.78, 5) is 0. The molecule has 2 aromatic rings. The van der Waals surface area contributed by atoms with Crippen molar-refractivity contribution in [3.05, 3.63) is 28.6 Å².